The Hall–Kier alpha value is -4.44. The summed E-state index contributed by atoms with van der Waals surface area (Å²) in [5, 5.41) is 13.6. The second-order valence-electron chi connectivity index (χ2n) is 9.51. The molecule has 0 saturated carbocycles. The lowest BCUT2D eigenvalue weighted by Crippen LogP contribution is -2.50. The molecule has 1 saturated heterocycles. The Labute approximate surface area is 224 Å². The van der Waals surface area contributed by atoms with E-state index in [-0.39, 0.29) is 25.5 Å². The van der Waals surface area contributed by atoms with Gasteiger partial charge in [0, 0.05) is 13.1 Å². The van der Waals surface area contributed by atoms with Crippen molar-refractivity contribution in [3.05, 3.63) is 0 Å². The second kappa shape index (κ2) is 15.1. The zero-order valence-electron chi connectivity index (χ0n) is 22.2. The third-order valence-corrected chi connectivity index (χ3v) is 4.87. The fourth-order valence-electron chi connectivity index (χ4n) is 3.21. The summed E-state index contributed by atoms with van der Waals surface area (Å²) >= 11 is 0. The van der Waals surface area contributed by atoms with Crippen molar-refractivity contribution in [1.29, 1.82) is 0 Å². The zero-order chi connectivity index (χ0) is 29.8. The average Bonchev–Trinajstić information content (AvgIpc) is 2.79. The lowest BCUT2D eigenvalue weighted by molar-refractivity contribution is -0.159. The third kappa shape index (κ3) is 13.6. The van der Waals surface area contributed by atoms with Gasteiger partial charge in [-0.2, -0.15) is 0 Å². The van der Waals surface area contributed by atoms with Gasteiger partial charge >= 0.3 is 11.9 Å². The number of aliphatic imine (C=N–C) groups is 1. The van der Waals surface area contributed by atoms with Gasteiger partial charge in [-0.3, -0.25) is 38.6 Å². The van der Waals surface area contributed by atoms with Gasteiger partial charge in [0.1, 0.15) is 31.8 Å². The molecule has 1 rings (SSSR count). The van der Waals surface area contributed by atoms with Gasteiger partial charge in [-0.25, -0.2) is 0 Å². The van der Waals surface area contributed by atoms with Gasteiger partial charge in [0.15, 0.2) is 5.96 Å². The van der Waals surface area contributed by atoms with Crippen LogP contribution in [0.2, 0.25) is 0 Å². The van der Waals surface area contributed by atoms with Crippen LogP contribution < -0.4 is 22.1 Å². The summed E-state index contributed by atoms with van der Waals surface area (Å²) in [6.45, 7) is 0.315. The molecule has 1 fully saturated rings. The van der Waals surface area contributed by atoms with Crippen LogP contribution in [-0.2, 0) is 38.3 Å². The smallest absolute Gasteiger partial charge is 0.326 e. The number of amides is 5. The van der Waals surface area contributed by atoms with Crippen LogP contribution in [0.1, 0.15) is 27.2 Å². The molecule has 17 heteroatoms. The number of carbonyl (C=O) groups is 7. The number of rotatable bonds is 8. The number of guanidine groups is 1. The van der Waals surface area contributed by atoms with Crippen LogP contribution in [-0.4, -0.2) is 132 Å². The molecule has 0 atom stereocenters. The predicted molar refractivity (Wildman–Crippen MR) is 135 cm³/mol. The van der Waals surface area contributed by atoms with Gasteiger partial charge in [-0.05, 0) is 27.2 Å². The van der Waals surface area contributed by atoms with Crippen molar-refractivity contribution in [1.82, 2.24) is 25.3 Å². The zero-order valence-corrected chi connectivity index (χ0v) is 22.2. The molecule has 17 nitrogen and oxygen atoms in total. The average molecular weight is 557 g/mol. The van der Waals surface area contributed by atoms with Crippen LogP contribution in [0, 0.1) is 0 Å². The molecule has 0 radical (unpaired) electrons. The lowest BCUT2D eigenvalue weighted by atomic mass is 10.2. The van der Waals surface area contributed by atoms with E-state index in [2.05, 4.69) is 15.6 Å². The molecule has 1 heterocycles. The Morgan fingerprint density at radius 1 is 0.872 bits per heavy atom. The van der Waals surface area contributed by atoms with E-state index in [0.29, 0.717) is 4.90 Å². The normalized spacial score (nSPS) is 16.6. The first kappa shape index (κ1) is 32.6. The summed E-state index contributed by atoms with van der Waals surface area (Å²) in [5.41, 5.74) is 9.71. The number of esters is 1. The van der Waals surface area contributed by atoms with Crippen molar-refractivity contribution in [3.8, 4) is 0 Å². The van der Waals surface area contributed by atoms with E-state index >= 15 is 0 Å². The molecule has 0 aliphatic carbocycles. The summed E-state index contributed by atoms with van der Waals surface area (Å²) in [6, 6.07) is 0. The first-order valence-corrected chi connectivity index (χ1v) is 11.9. The van der Waals surface area contributed by atoms with E-state index < -0.39 is 92.9 Å². The summed E-state index contributed by atoms with van der Waals surface area (Å²) in [5.74, 6) is -6.45. The molecule has 0 bridgehead atoms. The minimum absolute atomic E-state index is 0.0205. The third-order valence-electron chi connectivity index (χ3n) is 4.87. The van der Waals surface area contributed by atoms with E-state index in [0.717, 1.165) is 9.80 Å². The summed E-state index contributed by atoms with van der Waals surface area (Å²) < 4.78 is 5.23. The number of hydrogen-bond acceptors (Lipinski definition) is 9. The molecular weight excluding hydrogens is 520 g/mol. The van der Waals surface area contributed by atoms with Crippen molar-refractivity contribution in [3.63, 3.8) is 0 Å². The number of nitrogens with two attached hydrogens (primary N) is 2. The number of carbonyl (C=O) groups excluding carboxylic acids is 6. The van der Waals surface area contributed by atoms with E-state index in [1.165, 1.54) is 0 Å². The quantitative estimate of drug-likeness (QED) is 0.0830. The molecule has 0 aromatic carbocycles. The van der Waals surface area contributed by atoms with Gasteiger partial charge in [-0.1, -0.05) is 0 Å². The highest BCUT2D eigenvalue weighted by Gasteiger charge is 2.28. The second-order valence-corrected chi connectivity index (χ2v) is 9.51. The first-order valence-electron chi connectivity index (χ1n) is 11.9. The maximum absolute atomic E-state index is 13.1. The standard InChI is InChI=1S/C22H36N8O9/c1-22(2,3)39-20(38)13-30-11-18(35)28(6-4-5-25-21(23)24)9-14(31)26-7-16(33)29(12-19(36)37)10-15(32)27-8-17(30)34/h4-13H2,1-3H3,(H,26,31)(H,27,32)(H,36,37)(H4,23,24,25). The van der Waals surface area contributed by atoms with Gasteiger partial charge in [0.2, 0.25) is 29.5 Å². The monoisotopic (exact) mass is 556 g/mol. The SMILES string of the molecule is CC(C)(C)OC(=O)CN1CC(=O)N(CCCN=C(N)N)CC(=O)NCC(=O)N(CC(=O)O)CC(=O)NCC1=O. The number of aliphatic carboxylic acids is 1. The van der Waals surface area contributed by atoms with Crippen LogP contribution in [0.3, 0.4) is 0 Å². The highest BCUT2D eigenvalue weighted by molar-refractivity contribution is 5.95. The van der Waals surface area contributed by atoms with E-state index in [1.54, 1.807) is 20.8 Å². The molecule has 1 aliphatic heterocycles. The fraction of sp³-hybridized carbons (Fsp3) is 0.636. The summed E-state index contributed by atoms with van der Waals surface area (Å²) in [6.07, 6.45) is 0.234. The van der Waals surface area contributed by atoms with Crippen molar-refractivity contribution >= 4 is 47.4 Å². The van der Waals surface area contributed by atoms with Crippen molar-refractivity contribution < 1.29 is 43.4 Å². The van der Waals surface area contributed by atoms with Crippen LogP contribution in [0.4, 0.5) is 0 Å². The molecule has 0 unspecified atom stereocenters. The molecule has 5 amide bonds. The molecule has 1 aliphatic rings. The maximum Gasteiger partial charge on any atom is 0.326 e. The van der Waals surface area contributed by atoms with Gasteiger partial charge in [-0.15, -0.1) is 0 Å². The number of carboxylic acid groups (broad SMARTS) is 1. The van der Waals surface area contributed by atoms with Crippen molar-refractivity contribution in [2.24, 2.45) is 16.5 Å². The lowest BCUT2D eigenvalue weighted by Gasteiger charge is -2.28. The number of carboxylic acids is 1. The Balaban J connectivity index is 3.25. The minimum atomic E-state index is -1.41. The largest absolute Gasteiger partial charge is 0.480 e. The van der Waals surface area contributed by atoms with Crippen LogP contribution in [0.5, 0.6) is 0 Å². The van der Waals surface area contributed by atoms with Crippen molar-refractivity contribution in [2.75, 3.05) is 58.9 Å². The van der Waals surface area contributed by atoms with Crippen LogP contribution >= 0.6 is 0 Å². The Kier molecular flexibility index (Phi) is 12.6. The molecule has 0 spiro atoms. The van der Waals surface area contributed by atoms with E-state index in [1.807, 2.05) is 0 Å². The highest BCUT2D eigenvalue weighted by Crippen LogP contribution is 2.08. The maximum atomic E-state index is 13.1. The molecule has 0 aromatic heterocycles. The molecule has 0 aromatic rings. The summed E-state index contributed by atoms with van der Waals surface area (Å²) in [4.78, 5) is 93.4. The van der Waals surface area contributed by atoms with Crippen molar-refractivity contribution in [2.45, 2.75) is 32.8 Å². The van der Waals surface area contributed by atoms with E-state index in [9.17, 15) is 33.6 Å². The molecule has 7 N–H and O–H groups in total. The Bertz CT molecular complexity index is 989. The van der Waals surface area contributed by atoms with Gasteiger partial charge in [0.05, 0.1) is 19.6 Å². The fourth-order valence-corrected chi connectivity index (χ4v) is 3.21. The molecule has 39 heavy (non-hydrogen) atoms. The minimum Gasteiger partial charge on any atom is -0.480 e. The number of nitrogens with zero attached hydrogens (tertiary/aromatic N) is 4. The molecular formula is C22H36N8O9. The Morgan fingerprint density at radius 3 is 1.87 bits per heavy atom. The van der Waals surface area contributed by atoms with Crippen LogP contribution in [0.25, 0.3) is 0 Å². The Morgan fingerprint density at radius 2 is 1.38 bits per heavy atom. The number of ether oxygens (including phenoxy) is 1. The highest BCUT2D eigenvalue weighted by atomic mass is 16.6. The van der Waals surface area contributed by atoms with E-state index in [4.69, 9.17) is 21.3 Å². The predicted octanol–water partition coefficient (Wildman–Crippen LogP) is -4.19. The first-order chi connectivity index (χ1) is 18.1. The molecule has 218 valence electrons. The number of nitrogens with one attached hydrogen (secondary N) is 2. The number of hydrogen-bond donors (Lipinski definition) is 5. The van der Waals surface area contributed by atoms with Gasteiger partial charge < -0.3 is 46.6 Å². The summed E-state index contributed by atoms with van der Waals surface area (Å²) in [7, 11) is 0. The van der Waals surface area contributed by atoms with Crippen LogP contribution in [0.15, 0.2) is 4.99 Å². The topological polar surface area (TPSA) is 247 Å². The van der Waals surface area contributed by atoms with Gasteiger partial charge in [0.25, 0.3) is 0 Å².